The summed E-state index contributed by atoms with van der Waals surface area (Å²) in [6, 6.07) is 0. The molecule has 1 fully saturated rings. The van der Waals surface area contributed by atoms with E-state index < -0.39 is 62.6 Å². The van der Waals surface area contributed by atoms with Crippen molar-refractivity contribution in [3.63, 3.8) is 0 Å². The van der Waals surface area contributed by atoms with Gasteiger partial charge in [0.25, 0.3) is 5.56 Å². The van der Waals surface area contributed by atoms with Crippen LogP contribution in [0.1, 0.15) is 18.2 Å². The van der Waals surface area contributed by atoms with E-state index in [1.165, 1.54) is 30.2 Å². The van der Waals surface area contributed by atoms with Gasteiger partial charge in [0.05, 0.1) is 13.7 Å². The van der Waals surface area contributed by atoms with Crippen molar-refractivity contribution >= 4 is 13.7 Å². The van der Waals surface area contributed by atoms with Gasteiger partial charge >= 0.3 is 25.6 Å². The molecule has 16 heteroatoms. The number of carbonyl (C=O) groups excluding carboxylic acids is 1. The molecule has 2 aromatic rings. The molecule has 176 valence electrons. The maximum atomic E-state index is 12.7. The highest BCUT2D eigenvalue weighted by Gasteiger charge is 2.47. The molecule has 0 aromatic carbocycles. The summed E-state index contributed by atoms with van der Waals surface area (Å²) >= 11 is 0. The van der Waals surface area contributed by atoms with Crippen molar-refractivity contribution in [2.45, 2.75) is 38.0 Å². The van der Waals surface area contributed by atoms with Gasteiger partial charge in [0.2, 0.25) is 6.33 Å². The quantitative estimate of drug-likeness (QED) is 0.322. The number of nitrogens with zero attached hydrogens (tertiary/aromatic N) is 3. The van der Waals surface area contributed by atoms with E-state index in [1.54, 1.807) is 7.05 Å². The average Bonchev–Trinajstić information content (AvgIpc) is 3.29. The summed E-state index contributed by atoms with van der Waals surface area (Å²) in [5.74, 6) is -2.51. The normalized spacial score (nSPS) is 23.1. The molecule has 32 heavy (non-hydrogen) atoms. The number of aromatic amines is 1. The standard InChI is InChI=1S/C16H18F3N4O8P/c1-9-6-23(15(26)20-13(9)24)12-5-10(31-14(25)16(17,18)19)11(30-12)7-29-32(27,28)22-4-3-21(2)8-22/h3-4,6,8,10-12H,5,7H2,1-2H3,(H-,20,24,26,27,28). The Morgan fingerprint density at radius 2 is 2.12 bits per heavy atom. The van der Waals surface area contributed by atoms with Gasteiger partial charge in [0.15, 0.2) is 0 Å². The topological polar surface area (TPSA) is 149 Å². The van der Waals surface area contributed by atoms with E-state index in [2.05, 4.69) is 4.74 Å². The third kappa shape index (κ3) is 5.18. The third-order valence-corrected chi connectivity index (χ3v) is 5.84. The van der Waals surface area contributed by atoms with Gasteiger partial charge in [-0.1, -0.05) is 0 Å². The smallest absolute Gasteiger partial charge is 0.490 e. The largest absolute Gasteiger partial charge is 0.742 e. The molecule has 3 rings (SSSR count). The fourth-order valence-corrected chi connectivity index (χ4v) is 3.95. The molecule has 0 amide bonds. The molecule has 0 saturated carbocycles. The molecule has 4 atom stereocenters. The van der Waals surface area contributed by atoms with Crippen LogP contribution in [0.25, 0.3) is 0 Å². The number of aromatic nitrogens is 4. The molecule has 3 heterocycles. The van der Waals surface area contributed by atoms with E-state index in [0.29, 0.717) is 0 Å². The zero-order valence-electron chi connectivity index (χ0n) is 16.6. The van der Waals surface area contributed by atoms with Crippen molar-refractivity contribution in [3.8, 4) is 0 Å². The molecule has 1 aliphatic heterocycles. The predicted molar refractivity (Wildman–Crippen MR) is 95.1 cm³/mol. The molecule has 1 aliphatic rings. The number of esters is 1. The number of alkyl halides is 3. The number of ether oxygens (including phenoxy) is 2. The molecule has 0 radical (unpaired) electrons. The number of carbonyl (C=O) groups is 1. The molecular formula is C16H18F3N4O8P. The van der Waals surface area contributed by atoms with Gasteiger partial charge in [-0.05, 0) is 6.92 Å². The second-order valence-electron chi connectivity index (χ2n) is 7.01. The first kappa shape index (κ1) is 23.9. The molecule has 2 aromatic heterocycles. The van der Waals surface area contributed by atoms with Crippen LogP contribution >= 0.6 is 7.75 Å². The van der Waals surface area contributed by atoms with Crippen LogP contribution in [0.5, 0.6) is 0 Å². The highest BCUT2D eigenvalue weighted by Crippen LogP contribution is 2.40. The SMILES string of the molecule is Cc1cn(C2CC(OC(=O)C(F)(F)F)C(COP(=O)([O-])n3cc[n+](C)c3)O2)c(=O)[nH]c1=O. The number of rotatable bonds is 6. The lowest BCUT2D eigenvalue weighted by molar-refractivity contribution is -0.670. The number of hydrogen-bond donors (Lipinski definition) is 1. The molecule has 0 bridgehead atoms. The lowest BCUT2D eigenvalue weighted by Crippen LogP contribution is -2.36. The van der Waals surface area contributed by atoms with E-state index in [-0.39, 0.29) is 5.56 Å². The Morgan fingerprint density at radius 1 is 1.44 bits per heavy atom. The van der Waals surface area contributed by atoms with Gasteiger partial charge in [-0.3, -0.25) is 18.9 Å². The Morgan fingerprint density at radius 3 is 2.72 bits per heavy atom. The second kappa shape index (κ2) is 8.65. The average molecular weight is 482 g/mol. The minimum Gasteiger partial charge on any atom is -0.742 e. The summed E-state index contributed by atoms with van der Waals surface area (Å²) in [5.41, 5.74) is -1.47. The van der Waals surface area contributed by atoms with E-state index >= 15 is 0 Å². The fraction of sp³-hybridized carbons (Fsp3) is 0.500. The molecule has 0 aliphatic carbocycles. The van der Waals surface area contributed by atoms with Crippen molar-refractivity contribution in [2.24, 2.45) is 7.05 Å². The van der Waals surface area contributed by atoms with Crippen LogP contribution in [0.4, 0.5) is 13.2 Å². The minimum atomic E-state index is -5.30. The van der Waals surface area contributed by atoms with Crippen LogP contribution < -0.4 is 20.7 Å². The Hall–Kier alpha value is -2.74. The van der Waals surface area contributed by atoms with Crippen LogP contribution in [0.3, 0.4) is 0 Å². The van der Waals surface area contributed by atoms with E-state index in [9.17, 15) is 37.0 Å². The van der Waals surface area contributed by atoms with Crippen molar-refractivity contribution < 1.29 is 46.0 Å². The van der Waals surface area contributed by atoms with Gasteiger partial charge < -0.3 is 18.9 Å². The maximum Gasteiger partial charge on any atom is 0.490 e. The Kier molecular flexibility index (Phi) is 6.47. The number of imidazole rings is 1. The summed E-state index contributed by atoms with van der Waals surface area (Å²) in [6.07, 6.45) is -5.15. The van der Waals surface area contributed by atoms with Gasteiger partial charge in [-0.15, -0.1) is 0 Å². The summed E-state index contributed by atoms with van der Waals surface area (Å²) in [5, 5.41) is 0. The Labute approximate surface area is 177 Å². The zero-order valence-corrected chi connectivity index (χ0v) is 17.5. The highest BCUT2D eigenvalue weighted by molar-refractivity contribution is 7.49. The van der Waals surface area contributed by atoms with Gasteiger partial charge in [0, 0.05) is 18.2 Å². The number of H-pyrrole nitrogens is 1. The van der Waals surface area contributed by atoms with Gasteiger partial charge in [-0.2, -0.15) is 17.5 Å². The second-order valence-corrected chi connectivity index (χ2v) is 8.67. The van der Waals surface area contributed by atoms with Crippen LogP contribution in [0.2, 0.25) is 0 Å². The van der Waals surface area contributed by atoms with Gasteiger partial charge in [-0.25, -0.2) is 14.2 Å². The first-order chi connectivity index (χ1) is 14.8. The van der Waals surface area contributed by atoms with E-state index in [4.69, 9.17) is 9.26 Å². The first-order valence-corrected chi connectivity index (χ1v) is 10.5. The predicted octanol–water partition coefficient (Wildman–Crippen LogP) is -0.734. The van der Waals surface area contributed by atoms with Crippen LogP contribution in [0, 0.1) is 6.92 Å². The summed E-state index contributed by atoms with van der Waals surface area (Å²) in [6.45, 7) is 0.586. The molecule has 4 unspecified atom stereocenters. The molecular weight excluding hydrogens is 464 g/mol. The minimum absolute atomic E-state index is 0.112. The third-order valence-electron chi connectivity index (χ3n) is 4.57. The number of nitrogens with one attached hydrogen (secondary N) is 1. The summed E-state index contributed by atoms with van der Waals surface area (Å²) in [7, 11) is -3.14. The van der Waals surface area contributed by atoms with Crippen molar-refractivity contribution in [3.05, 3.63) is 51.3 Å². The fourth-order valence-electron chi connectivity index (χ4n) is 2.97. The zero-order chi connectivity index (χ0) is 23.8. The number of aryl methyl sites for hydroxylation is 2. The van der Waals surface area contributed by atoms with Crippen LogP contribution in [0.15, 0.2) is 34.5 Å². The maximum absolute atomic E-state index is 12.7. The Bertz CT molecular complexity index is 1170. The molecule has 0 spiro atoms. The summed E-state index contributed by atoms with van der Waals surface area (Å²) < 4.78 is 68.2. The highest BCUT2D eigenvalue weighted by atomic mass is 31.2. The van der Waals surface area contributed by atoms with Crippen molar-refractivity contribution in [2.75, 3.05) is 6.61 Å². The molecule has 12 nitrogen and oxygen atoms in total. The first-order valence-electron chi connectivity index (χ1n) is 9.03. The monoisotopic (exact) mass is 482 g/mol. The number of hydrogen-bond acceptors (Lipinski definition) is 8. The van der Waals surface area contributed by atoms with Gasteiger partial charge in [0.1, 0.15) is 30.8 Å². The lowest BCUT2D eigenvalue weighted by atomic mass is 10.2. The van der Waals surface area contributed by atoms with Crippen LogP contribution in [-0.4, -0.2) is 44.8 Å². The Balaban J connectivity index is 1.83. The van der Waals surface area contributed by atoms with Crippen molar-refractivity contribution in [1.82, 2.24) is 13.9 Å². The lowest BCUT2D eigenvalue weighted by Gasteiger charge is -2.23. The molecule has 1 N–H and O–H groups in total. The number of halogens is 3. The van der Waals surface area contributed by atoms with Crippen molar-refractivity contribution in [1.29, 1.82) is 0 Å². The van der Waals surface area contributed by atoms with E-state index in [1.807, 2.05) is 4.98 Å². The summed E-state index contributed by atoms with van der Waals surface area (Å²) in [4.78, 5) is 49.3. The molecule has 1 saturated heterocycles. The van der Waals surface area contributed by atoms with Crippen LogP contribution in [-0.2, 0) is 30.4 Å². The van der Waals surface area contributed by atoms with E-state index in [0.717, 1.165) is 15.1 Å².